The van der Waals surface area contributed by atoms with Gasteiger partial charge < -0.3 is 14.6 Å². The number of hydrogen-bond donors (Lipinski definition) is 1. The average Bonchev–Trinajstić information content (AvgIpc) is 3.22. The molecule has 0 radical (unpaired) electrons. The number of amides is 1. The molecule has 4 atom stereocenters. The van der Waals surface area contributed by atoms with Crippen LogP contribution in [0, 0.1) is 11.8 Å². The number of piperidine rings is 2. The van der Waals surface area contributed by atoms with E-state index in [0.29, 0.717) is 25.1 Å². The molecule has 1 amide bonds. The SMILES string of the molecule is CCC(C)Oc1ccc(NC(=O)C2CC3CCC2N(S(=O)(=O)c2cn(C)cn2)C3)cc1. The van der Waals surface area contributed by atoms with Crippen LogP contribution in [0.25, 0.3) is 0 Å². The van der Waals surface area contributed by atoms with Crippen molar-refractivity contribution in [1.29, 1.82) is 0 Å². The molecule has 1 N–H and O–H groups in total. The lowest BCUT2D eigenvalue weighted by atomic mass is 9.73. The minimum absolute atomic E-state index is 0.0404. The van der Waals surface area contributed by atoms with Crippen molar-refractivity contribution in [3.05, 3.63) is 36.8 Å². The summed E-state index contributed by atoms with van der Waals surface area (Å²) in [5.41, 5.74) is 0.682. The molecule has 3 aliphatic rings. The third-order valence-electron chi connectivity index (χ3n) is 6.36. The van der Waals surface area contributed by atoms with Crippen molar-refractivity contribution in [2.45, 2.75) is 56.7 Å². The maximum absolute atomic E-state index is 13.2. The van der Waals surface area contributed by atoms with Crippen LogP contribution < -0.4 is 10.1 Å². The van der Waals surface area contributed by atoms with Gasteiger partial charge in [-0.15, -0.1) is 0 Å². The fourth-order valence-corrected chi connectivity index (χ4v) is 6.25. The number of nitrogens with zero attached hydrogens (tertiary/aromatic N) is 3. The molecule has 2 aromatic rings. The summed E-state index contributed by atoms with van der Waals surface area (Å²) in [6, 6.07) is 6.97. The molecule has 2 aliphatic heterocycles. The second kappa shape index (κ2) is 8.63. The van der Waals surface area contributed by atoms with Crippen LogP contribution in [0.15, 0.2) is 41.8 Å². The van der Waals surface area contributed by atoms with Crippen molar-refractivity contribution in [2.75, 3.05) is 11.9 Å². The average molecular weight is 447 g/mol. The van der Waals surface area contributed by atoms with Gasteiger partial charge in [0.1, 0.15) is 5.75 Å². The van der Waals surface area contributed by atoms with Gasteiger partial charge in [-0.2, -0.15) is 4.31 Å². The fraction of sp³-hybridized carbons (Fsp3) is 0.545. The van der Waals surface area contributed by atoms with Gasteiger partial charge in [0.15, 0.2) is 5.03 Å². The van der Waals surface area contributed by atoms with Crippen LogP contribution in [-0.2, 0) is 21.9 Å². The highest BCUT2D eigenvalue weighted by Gasteiger charge is 2.49. The van der Waals surface area contributed by atoms with Gasteiger partial charge in [-0.1, -0.05) is 6.92 Å². The third kappa shape index (κ3) is 4.48. The van der Waals surface area contributed by atoms with Crippen LogP contribution in [0.3, 0.4) is 0 Å². The summed E-state index contributed by atoms with van der Waals surface area (Å²) in [5.74, 6) is 0.440. The van der Waals surface area contributed by atoms with Gasteiger partial charge in [-0.25, -0.2) is 13.4 Å². The summed E-state index contributed by atoms with van der Waals surface area (Å²) in [5, 5.41) is 3.01. The number of carbonyl (C=O) groups is 1. The van der Waals surface area contributed by atoms with Gasteiger partial charge in [0.05, 0.1) is 18.3 Å². The fourth-order valence-electron chi connectivity index (χ4n) is 4.51. The predicted molar refractivity (Wildman–Crippen MR) is 117 cm³/mol. The molecule has 1 aliphatic carbocycles. The number of anilines is 1. The largest absolute Gasteiger partial charge is 0.491 e. The van der Waals surface area contributed by atoms with E-state index in [9.17, 15) is 13.2 Å². The zero-order valence-electron chi connectivity index (χ0n) is 18.2. The molecular weight excluding hydrogens is 416 g/mol. The Morgan fingerprint density at radius 2 is 2.03 bits per heavy atom. The van der Waals surface area contributed by atoms with Crippen molar-refractivity contribution in [3.8, 4) is 5.75 Å². The van der Waals surface area contributed by atoms with E-state index >= 15 is 0 Å². The highest BCUT2D eigenvalue weighted by molar-refractivity contribution is 7.89. The first kappa shape index (κ1) is 21.8. The van der Waals surface area contributed by atoms with Gasteiger partial charge >= 0.3 is 0 Å². The van der Waals surface area contributed by atoms with Crippen molar-refractivity contribution in [3.63, 3.8) is 0 Å². The van der Waals surface area contributed by atoms with Gasteiger partial charge in [0.25, 0.3) is 10.0 Å². The zero-order chi connectivity index (χ0) is 22.2. The van der Waals surface area contributed by atoms with Crippen LogP contribution >= 0.6 is 0 Å². The molecule has 31 heavy (non-hydrogen) atoms. The Kier molecular flexibility index (Phi) is 6.07. The van der Waals surface area contributed by atoms with E-state index < -0.39 is 10.0 Å². The number of hydrogen-bond acceptors (Lipinski definition) is 5. The molecule has 168 valence electrons. The van der Waals surface area contributed by atoms with E-state index in [4.69, 9.17) is 4.74 Å². The lowest BCUT2D eigenvalue weighted by molar-refractivity contribution is -0.125. The summed E-state index contributed by atoms with van der Waals surface area (Å²) in [6.07, 6.45) is 6.38. The Hall–Kier alpha value is -2.39. The molecule has 4 unspecified atom stereocenters. The first-order valence-corrected chi connectivity index (χ1v) is 12.3. The molecule has 3 heterocycles. The Morgan fingerprint density at radius 1 is 1.29 bits per heavy atom. The summed E-state index contributed by atoms with van der Waals surface area (Å²) >= 11 is 0. The molecule has 9 heteroatoms. The molecule has 0 spiro atoms. The van der Waals surface area contributed by atoms with E-state index in [2.05, 4.69) is 17.2 Å². The number of nitrogens with one attached hydrogen (secondary N) is 1. The van der Waals surface area contributed by atoms with E-state index in [1.165, 1.54) is 16.8 Å². The maximum Gasteiger partial charge on any atom is 0.262 e. The van der Waals surface area contributed by atoms with Gasteiger partial charge in [0.2, 0.25) is 5.91 Å². The first-order chi connectivity index (χ1) is 14.8. The van der Waals surface area contributed by atoms with Crippen LogP contribution in [0.4, 0.5) is 5.69 Å². The molecule has 1 aromatic carbocycles. The molecule has 8 nitrogen and oxygen atoms in total. The number of carbonyl (C=O) groups excluding carboxylic acids is 1. The highest BCUT2D eigenvalue weighted by atomic mass is 32.2. The molecule has 5 rings (SSSR count). The minimum Gasteiger partial charge on any atom is -0.491 e. The molecule has 3 fully saturated rings. The second-order valence-electron chi connectivity index (χ2n) is 8.66. The predicted octanol–water partition coefficient (Wildman–Crippen LogP) is 3.03. The van der Waals surface area contributed by atoms with Crippen LogP contribution in [0.2, 0.25) is 0 Å². The molecule has 2 saturated heterocycles. The van der Waals surface area contributed by atoms with Crippen LogP contribution in [-0.4, -0.2) is 46.9 Å². The summed E-state index contributed by atoms with van der Waals surface area (Å²) in [7, 11) is -1.99. The Bertz CT molecular complexity index is 1030. The first-order valence-electron chi connectivity index (χ1n) is 10.8. The number of aryl methyl sites for hydroxylation is 1. The van der Waals surface area contributed by atoms with Crippen LogP contribution in [0.5, 0.6) is 5.75 Å². The quantitative estimate of drug-likeness (QED) is 0.706. The summed E-state index contributed by atoms with van der Waals surface area (Å²) in [4.78, 5) is 17.1. The summed E-state index contributed by atoms with van der Waals surface area (Å²) < 4.78 is 35.2. The van der Waals surface area contributed by atoms with Gasteiger partial charge in [-0.05, 0) is 62.8 Å². The van der Waals surface area contributed by atoms with E-state index in [-0.39, 0.29) is 34.9 Å². The number of ether oxygens (including phenoxy) is 1. The van der Waals surface area contributed by atoms with Crippen molar-refractivity contribution < 1.29 is 17.9 Å². The number of fused-ring (bicyclic) bond motifs is 3. The summed E-state index contributed by atoms with van der Waals surface area (Å²) in [6.45, 7) is 4.53. The van der Waals surface area contributed by atoms with Crippen LogP contribution in [0.1, 0.15) is 39.5 Å². The van der Waals surface area contributed by atoms with E-state index in [0.717, 1.165) is 18.6 Å². The number of rotatable bonds is 7. The number of aromatic nitrogens is 2. The number of sulfonamides is 1. The standard InChI is InChI=1S/C22H30N4O4S/c1-4-15(2)30-18-8-6-17(7-9-18)24-22(27)19-11-16-5-10-20(19)26(12-16)31(28,29)21-13-25(3)14-23-21/h6-9,13-16,19-20H,4-5,10-12H2,1-3H3,(H,24,27). The smallest absolute Gasteiger partial charge is 0.262 e. The third-order valence-corrected chi connectivity index (χ3v) is 8.13. The van der Waals surface area contributed by atoms with E-state index in [1.54, 1.807) is 11.6 Å². The molecule has 2 bridgehead atoms. The molecule has 1 aromatic heterocycles. The number of benzene rings is 1. The Labute approximate surface area is 183 Å². The van der Waals surface area contributed by atoms with Gasteiger partial charge in [-0.3, -0.25) is 4.79 Å². The van der Waals surface area contributed by atoms with Crippen molar-refractivity contribution in [2.24, 2.45) is 18.9 Å². The Balaban J connectivity index is 1.47. The highest BCUT2D eigenvalue weighted by Crippen LogP contribution is 2.42. The minimum atomic E-state index is -3.73. The molecular formula is C22H30N4O4S. The van der Waals surface area contributed by atoms with Crippen molar-refractivity contribution in [1.82, 2.24) is 13.9 Å². The second-order valence-corrected chi connectivity index (χ2v) is 10.5. The van der Waals surface area contributed by atoms with Crippen molar-refractivity contribution >= 4 is 21.6 Å². The van der Waals surface area contributed by atoms with Gasteiger partial charge in [0, 0.05) is 31.5 Å². The lowest BCUT2D eigenvalue weighted by Crippen LogP contribution is -2.57. The zero-order valence-corrected chi connectivity index (χ0v) is 19.0. The monoisotopic (exact) mass is 446 g/mol. The Morgan fingerprint density at radius 3 is 2.65 bits per heavy atom. The van der Waals surface area contributed by atoms with E-state index in [1.807, 2.05) is 31.2 Å². The topological polar surface area (TPSA) is 93.5 Å². The lowest BCUT2D eigenvalue weighted by Gasteiger charge is -2.47. The number of imidazole rings is 1. The maximum atomic E-state index is 13.2. The molecule has 1 saturated carbocycles. The normalized spacial score (nSPS) is 24.7.